The molecule has 2 aliphatic carbocycles. The second-order valence-electron chi connectivity index (χ2n) is 2.95. The third-order valence-corrected chi connectivity index (χ3v) is 1.96. The summed E-state index contributed by atoms with van der Waals surface area (Å²) < 4.78 is 0. The number of carbonyl (C=O) groups excluding carboxylic acids is 1. The lowest BCUT2D eigenvalue weighted by molar-refractivity contribution is -0.121. The molecule has 0 aromatic rings. The number of hydrogen-bond acceptors (Lipinski definition) is 1. The Kier molecular flexibility index (Phi) is 1.56. The molecule has 52 valence electrons. The molecule has 0 aromatic carbocycles. The molecule has 2 saturated carbocycles. The first-order valence-electron chi connectivity index (χ1n) is 3.41. The number of hydrogen-bond donors (Lipinski definition) is 0. The molecule has 0 radical (unpaired) electrons. The summed E-state index contributed by atoms with van der Waals surface area (Å²) in [6.45, 7) is 0. The fourth-order valence-corrected chi connectivity index (χ4v) is 1.07. The monoisotopic (exact) mass is 130 g/mol. The third kappa shape index (κ3) is 1.29. The summed E-state index contributed by atoms with van der Waals surface area (Å²) in [4.78, 5) is 11.0. The van der Waals surface area contributed by atoms with Crippen molar-refractivity contribution in [2.75, 3.05) is 0 Å². The van der Waals surface area contributed by atoms with E-state index in [9.17, 15) is 4.79 Å². The lowest BCUT2D eigenvalue weighted by atomic mass is 10.2. The molecule has 0 unspecified atom stereocenters. The van der Waals surface area contributed by atoms with E-state index in [-0.39, 0.29) is 4.70 Å². The van der Waals surface area contributed by atoms with Crippen LogP contribution in [0.25, 0.3) is 0 Å². The van der Waals surface area contributed by atoms with Crippen LogP contribution in [-0.4, -0.2) is 5.78 Å². The van der Waals surface area contributed by atoms with Crippen molar-refractivity contribution < 1.29 is 9.50 Å². The quantitative estimate of drug-likeness (QED) is 0.554. The van der Waals surface area contributed by atoms with Gasteiger partial charge in [0, 0.05) is 11.8 Å². The van der Waals surface area contributed by atoms with Crippen LogP contribution in [-0.2, 0) is 4.79 Å². The van der Waals surface area contributed by atoms with Crippen molar-refractivity contribution in [3.05, 3.63) is 0 Å². The zero-order valence-electron chi connectivity index (χ0n) is 5.30. The van der Waals surface area contributed by atoms with Crippen LogP contribution in [0, 0.1) is 11.8 Å². The van der Waals surface area contributed by atoms with Gasteiger partial charge in [-0.3, -0.25) is 9.50 Å². The molecular formula is C7H11FO. The van der Waals surface area contributed by atoms with Gasteiger partial charge in [0.25, 0.3) is 0 Å². The predicted molar refractivity (Wildman–Crippen MR) is 33.0 cm³/mol. The Labute approximate surface area is 53.8 Å². The Hall–Kier alpha value is -0.400. The summed E-state index contributed by atoms with van der Waals surface area (Å²) in [6, 6.07) is 0. The van der Waals surface area contributed by atoms with Crippen LogP contribution >= 0.6 is 0 Å². The van der Waals surface area contributed by atoms with E-state index in [2.05, 4.69) is 0 Å². The summed E-state index contributed by atoms with van der Waals surface area (Å²) in [6.07, 6.45) is 4.76. The molecular weight excluding hydrogens is 119 g/mol. The number of carbonyl (C=O) groups is 1. The Morgan fingerprint density at radius 3 is 1.56 bits per heavy atom. The Balaban J connectivity index is 0.000000405. The standard InChI is InChI=1S/C7H10O.FH/c8-7(5-1-2-5)6-3-4-6;/h5-6H,1-4H2;1H. The summed E-state index contributed by atoms with van der Waals surface area (Å²) in [5, 5.41) is 0. The van der Waals surface area contributed by atoms with Crippen LogP contribution in [0.5, 0.6) is 0 Å². The number of rotatable bonds is 2. The van der Waals surface area contributed by atoms with E-state index >= 15 is 0 Å². The highest BCUT2D eigenvalue weighted by atomic mass is 19.0. The van der Waals surface area contributed by atoms with Crippen molar-refractivity contribution in [3.63, 3.8) is 0 Å². The molecule has 0 atom stereocenters. The number of Topliss-reactive ketones (excluding diaryl/α,β-unsaturated/α-hetero) is 1. The molecule has 0 heterocycles. The normalized spacial score (nSPS) is 24.9. The van der Waals surface area contributed by atoms with Gasteiger partial charge in [-0.15, -0.1) is 0 Å². The first-order valence-corrected chi connectivity index (χ1v) is 3.41. The highest BCUT2D eigenvalue weighted by molar-refractivity contribution is 5.87. The lowest BCUT2D eigenvalue weighted by Gasteiger charge is -1.87. The van der Waals surface area contributed by atoms with Gasteiger partial charge < -0.3 is 0 Å². The van der Waals surface area contributed by atoms with Crippen LogP contribution in [0.3, 0.4) is 0 Å². The number of halogens is 1. The van der Waals surface area contributed by atoms with E-state index < -0.39 is 0 Å². The third-order valence-electron chi connectivity index (χ3n) is 1.96. The first kappa shape index (κ1) is 6.72. The average molecular weight is 130 g/mol. The van der Waals surface area contributed by atoms with E-state index in [0.717, 1.165) is 0 Å². The van der Waals surface area contributed by atoms with E-state index in [1.165, 1.54) is 25.7 Å². The maximum absolute atomic E-state index is 11.0. The Morgan fingerprint density at radius 2 is 1.33 bits per heavy atom. The van der Waals surface area contributed by atoms with E-state index in [1.807, 2.05) is 0 Å². The molecule has 0 saturated heterocycles. The van der Waals surface area contributed by atoms with Crippen molar-refractivity contribution in [2.45, 2.75) is 25.7 Å². The van der Waals surface area contributed by atoms with Crippen LogP contribution in [0.2, 0.25) is 0 Å². The van der Waals surface area contributed by atoms with E-state index in [1.54, 1.807) is 0 Å². The van der Waals surface area contributed by atoms with E-state index in [0.29, 0.717) is 17.6 Å². The molecule has 2 aliphatic rings. The summed E-state index contributed by atoms with van der Waals surface area (Å²) in [5.41, 5.74) is 0. The Morgan fingerprint density at radius 1 is 1.00 bits per heavy atom. The van der Waals surface area contributed by atoms with Crippen molar-refractivity contribution in [1.82, 2.24) is 0 Å². The van der Waals surface area contributed by atoms with Gasteiger partial charge in [0.1, 0.15) is 5.78 Å². The van der Waals surface area contributed by atoms with E-state index in [4.69, 9.17) is 0 Å². The van der Waals surface area contributed by atoms with Gasteiger partial charge in [-0.25, -0.2) is 0 Å². The van der Waals surface area contributed by atoms with Crippen LogP contribution in [0.1, 0.15) is 25.7 Å². The van der Waals surface area contributed by atoms with Gasteiger partial charge in [0.15, 0.2) is 0 Å². The molecule has 0 amide bonds. The number of ketones is 1. The van der Waals surface area contributed by atoms with Gasteiger partial charge in [-0.1, -0.05) is 0 Å². The van der Waals surface area contributed by atoms with Crippen molar-refractivity contribution >= 4 is 5.78 Å². The highest BCUT2D eigenvalue weighted by Crippen LogP contribution is 2.40. The molecule has 0 aromatic heterocycles. The molecule has 9 heavy (non-hydrogen) atoms. The molecule has 0 N–H and O–H groups in total. The SMILES string of the molecule is F.O=C(C1CC1)C1CC1. The molecule has 0 bridgehead atoms. The van der Waals surface area contributed by atoms with Crippen LogP contribution in [0.4, 0.5) is 4.70 Å². The van der Waals surface area contributed by atoms with Crippen LogP contribution < -0.4 is 0 Å². The van der Waals surface area contributed by atoms with Crippen molar-refractivity contribution in [3.8, 4) is 0 Å². The molecule has 0 aliphatic heterocycles. The lowest BCUT2D eigenvalue weighted by Crippen LogP contribution is -2.01. The first-order chi connectivity index (χ1) is 3.88. The topological polar surface area (TPSA) is 17.1 Å². The minimum atomic E-state index is 0. The second-order valence-corrected chi connectivity index (χ2v) is 2.95. The molecule has 2 heteroatoms. The largest absolute Gasteiger partial charge is 0.299 e. The molecule has 0 spiro atoms. The summed E-state index contributed by atoms with van der Waals surface area (Å²) >= 11 is 0. The average Bonchev–Trinajstić information content (AvgIpc) is 2.63. The summed E-state index contributed by atoms with van der Waals surface area (Å²) in [7, 11) is 0. The molecule has 2 fully saturated rings. The summed E-state index contributed by atoms with van der Waals surface area (Å²) in [5.74, 6) is 1.61. The van der Waals surface area contributed by atoms with Gasteiger partial charge in [0.05, 0.1) is 0 Å². The smallest absolute Gasteiger partial charge is 0.139 e. The second kappa shape index (κ2) is 2.09. The Bertz CT molecular complexity index is 111. The van der Waals surface area contributed by atoms with Gasteiger partial charge in [-0.05, 0) is 25.7 Å². The van der Waals surface area contributed by atoms with Crippen molar-refractivity contribution in [1.29, 1.82) is 0 Å². The fourth-order valence-electron chi connectivity index (χ4n) is 1.07. The maximum atomic E-state index is 11.0. The molecule has 2 rings (SSSR count). The van der Waals surface area contributed by atoms with Gasteiger partial charge in [0.2, 0.25) is 0 Å². The van der Waals surface area contributed by atoms with Crippen LogP contribution in [0.15, 0.2) is 0 Å². The predicted octanol–water partition coefficient (Wildman–Crippen LogP) is 1.53. The zero-order chi connectivity index (χ0) is 5.56. The van der Waals surface area contributed by atoms with Gasteiger partial charge >= 0.3 is 0 Å². The minimum Gasteiger partial charge on any atom is -0.299 e. The minimum absolute atomic E-state index is 0. The van der Waals surface area contributed by atoms with Crippen molar-refractivity contribution in [2.24, 2.45) is 11.8 Å². The fraction of sp³-hybridized carbons (Fsp3) is 0.857. The van der Waals surface area contributed by atoms with Gasteiger partial charge in [-0.2, -0.15) is 0 Å². The highest BCUT2D eigenvalue weighted by Gasteiger charge is 2.39. The maximum Gasteiger partial charge on any atom is 0.139 e. The molecule has 1 nitrogen and oxygen atoms in total. The zero-order valence-corrected chi connectivity index (χ0v) is 5.30.